The number of hydrogen-bond donors (Lipinski definition) is 0. The molecule has 0 saturated heterocycles. The zero-order chi connectivity index (χ0) is 15.6. The summed E-state index contributed by atoms with van der Waals surface area (Å²) in [6.45, 7) is 2.25. The van der Waals surface area contributed by atoms with Gasteiger partial charge in [-0.15, -0.1) is 0 Å². The molecule has 0 atom stereocenters. The quantitative estimate of drug-likeness (QED) is 0.224. The number of methoxy groups -OCH3 is 1. The van der Waals surface area contributed by atoms with Crippen LogP contribution in [0, 0.1) is 0 Å². The van der Waals surface area contributed by atoms with Gasteiger partial charge in [-0.2, -0.15) is 0 Å². The van der Waals surface area contributed by atoms with E-state index in [1.807, 2.05) is 0 Å². The molecule has 0 aliphatic rings. The minimum atomic E-state index is -0.0839. The topological polar surface area (TPSA) is 26.3 Å². The Morgan fingerprint density at radius 1 is 0.810 bits per heavy atom. The van der Waals surface area contributed by atoms with Crippen molar-refractivity contribution in [2.75, 3.05) is 7.11 Å². The molecule has 21 heavy (non-hydrogen) atoms. The Bertz CT molecular complexity index is 279. The van der Waals surface area contributed by atoms with Gasteiger partial charge < -0.3 is 4.74 Å². The van der Waals surface area contributed by atoms with Crippen molar-refractivity contribution in [1.82, 2.24) is 0 Å². The number of unbranched alkanes of at least 4 members (excludes halogenated alkanes) is 9. The summed E-state index contributed by atoms with van der Waals surface area (Å²) >= 11 is 0. The van der Waals surface area contributed by atoms with Gasteiger partial charge in [0.05, 0.1) is 7.11 Å². The zero-order valence-corrected chi connectivity index (χ0v) is 14.1. The zero-order valence-electron chi connectivity index (χ0n) is 14.1. The van der Waals surface area contributed by atoms with Gasteiger partial charge in [-0.1, -0.05) is 69.8 Å². The first-order chi connectivity index (χ1) is 10.3. The van der Waals surface area contributed by atoms with E-state index in [1.54, 1.807) is 0 Å². The SMILES string of the molecule is CCCCCC/C=C\C=C\CCCCCCCC(=O)OC. The van der Waals surface area contributed by atoms with Gasteiger partial charge in [0.2, 0.25) is 0 Å². The van der Waals surface area contributed by atoms with Gasteiger partial charge in [0, 0.05) is 6.42 Å². The van der Waals surface area contributed by atoms with E-state index >= 15 is 0 Å². The largest absolute Gasteiger partial charge is 0.469 e. The highest BCUT2D eigenvalue weighted by Gasteiger charge is 1.98. The molecule has 0 aliphatic heterocycles. The second-order valence-electron chi connectivity index (χ2n) is 5.59. The number of carbonyl (C=O) groups is 1. The van der Waals surface area contributed by atoms with E-state index in [0.717, 1.165) is 19.3 Å². The molecule has 2 heteroatoms. The molecule has 2 nitrogen and oxygen atoms in total. The van der Waals surface area contributed by atoms with E-state index in [2.05, 4.69) is 36.0 Å². The van der Waals surface area contributed by atoms with Crippen molar-refractivity contribution in [2.24, 2.45) is 0 Å². The van der Waals surface area contributed by atoms with Crippen LogP contribution in [0.25, 0.3) is 0 Å². The molecule has 0 aromatic rings. The van der Waals surface area contributed by atoms with Gasteiger partial charge in [-0.25, -0.2) is 0 Å². The Morgan fingerprint density at radius 2 is 1.33 bits per heavy atom. The molecule has 0 aliphatic carbocycles. The Morgan fingerprint density at radius 3 is 1.90 bits per heavy atom. The molecule has 0 N–H and O–H groups in total. The summed E-state index contributed by atoms with van der Waals surface area (Å²) in [7, 11) is 1.45. The van der Waals surface area contributed by atoms with Crippen LogP contribution >= 0.6 is 0 Å². The fourth-order valence-electron chi connectivity index (χ4n) is 2.20. The van der Waals surface area contributed by atoms with Crippen LogP contribution in [-0.4, -0.2) is 13.1 Å². The molecule has 0 aromatic carbocycles. The highest BCUT2D eigenvalue weighted by molar-refractivity contribution is 5.68. The number of carbonyl (C=O) groups excluding carboxylic acids is 1. The Balaban J connectivity index is 3.21. The number of rotatable bonds is 14. The molecule has 0 amide bonds. The monoisotopic (exact) mass is 294 g/mol. The lowest BCUT2D eigenvalue weighted by molar-refractivity contribution is -0.140. The van der Waals surface area contributed by atoms with Crippen molar-refractivity contribution >= 4 is 5.97 Å². The summed E-state index contributed by atoms with van der Waals surface area (Å²) in [6, 6.07) is 0. The minimum Gasteiger partial charge on any atom is -0.469 e. The van der Waals surface area contributed by atoms with E-state index < -0.39 is 0 Å². The van der Waals surface area contributed by atoms with Crippen molar-refractivity contribution < 1.29 is 9.53 Å². The summed E-state index contributed by atoms with van der Waals surface area (Å²) in [6.07, 6.45) is 23.0. The summed E-state index contributed by atoms with van der Waals surface area (Å²) in [5, 5.41) is 0. The maximum absolute atomic E-state index is 10.9. The smallest absolute Gasteiger partial charge is 0.305 e. The lowest BCUT2D eigenvalue weighted by Crippen LogP contribution is -1.98. The number of ether oxygens (including phenoxy) is 1. The van der Waals surface area contributed by atoms with Crippen molar-refractivity contribution in [1.29, 1.82) is 0 Å². The molecule has 0 bridgehead atoms. The standard InChI is InChI=1S/C19H34O2/c1-3-4-5-6-7-8-9-10-11-12-13-14-15-16-17-18-19(20)21-2/h8-11H,3-7,12-18H2,1-2H3/b9-8-,11-10+. The molecule has 0 saturated carbocycles. The molecule has 0 radical (unpaired) electrons. The molecule has 0 fully saturated rings. The lowest BCUT2D eigenvalue weighted by Gasteiger charge is -1.99. The molecule has 0 aromatic heterocycles. The van der Waals surface area contributed by atoms with Crippen LogP contribution in [-0.2, 0) is 9.53 Å². The maximum atomic E-state index is 10.9. The van der Waals surface area contributed by atoms with Crippen molar-refractivity contribution in [2.45, 2.75) is 84.0 Å². The van der Waals surface area contributed by atoms with E-state index in [1.165, 1.54) is 58.5 Å². The summed E-state index contributed by atoms with van der Waals surface area (Å²) in [5.41, 5.74) is 0. The Kier molecular flexibility index (Phi) is 16.2. The Labute approximate surface area is 131 Å². The number of esters is 1. The first-order valence-electron chi connectivity index (χ1n) is 8.69. The molecule has 0 rings (SSSR count). The van der Waals surface area contributed by atoms with Crippen LogP contribution in [0.4, 0.5) is 0 Å². The van der Waals surface area contributed by atoms with Crippen LogP contribution < -0.4 is 0 Å². The van der Waals surface area contributed by atoms with E-state index in [-0.39, 0.29) is 5.97 Å². The molecular formula is C19H34O2. The molecule has 0 unspecified atom stereocenters. The van der Waals surface area contributed by atoms with Gasteiger partial charge in [-0.05, 0) is 32.1 Å². The predicted octanol–water partition coefficient (Wildman–Crippen LogP) is 5.97. The van der Waals surface area contributed by atoms with E-state index in [9.17, 15) is 4.79 Å². The summed E-state index contributed by atoms with van der Waals surface area (Å²) in [5.74, 6) is -0.0839. The second kappa shape index (κ2) is 17.0. The first-order valence-corrected chi connectivity index (χ1v) is 8.69. The highest BCUT2D eigenvalue weighted by Crippen LogP contribution is 2.08. The summed E-state index contributed by atoms with van der Waals surface area (Å²) < 4.78 is 4.61. The fraction of sp³-hybridized carbons (Fsp3) is 0.737. The van der Waals surface area contributed by atoms with Gasteiger partial charge in [0.1, 0.15) is 0 Å². The Hall–Kier alpha value is -1.05. The second-order valence-corrected chi connectivity index (χ2v) is 5.59. The number of allylic oxidation sites excluding steroid dienone is 4. The third-order valence-electron chi connectivity index (χ3n) is 3.59. The van der Waals surface area contributed by atoms with Crippen LogP contribution in [0.15, 0.2) is 24.3 Å². The third-order valence-corrected chi connectivity index (χ3v) is 3.59. The van der Waals surface area contributed by atoms with Crippen LogP contribution in [0.1, 0.15) is 84.0 Å². The van der Waals surface area contributed by atoms with Gasteiger partial charge in [0.25, 0.3) is 0 Å². The molecule has 0 heterocycles. The van der Waals surface area contributed by atoms with E-state index in [0.29, 0.717) is 6.42 Å². The summed E-state index contributed by atoms with van der Waals surface area (Å²) in [4.78, 5) is 10.9. The van der Waals surface area contributed by atoms with Crippen LogP contribution in [0.2, 0.25) is 0 Å². The fourth-order valence-corrected chi connectivity index (χ4v) is 2.20. The molecule has 0 spiro atoms. The number of hydrogen-bond acceptors (Lipinski definition) is 2. The average Bonchev–Trinajstić information content (AvgIpc) is 2.50. The highest BCUT2D eigenvalue weighted by atomic mass is 16.5. The normalized spacial score (nSPS) is 11.5. The average molecular weight is 294 g/mol. The van der Waals surface area contributed by atoms with Crippen molar-refractivity contribution in [3.05, 3.63) is 24.3 Å². The van der Waals surface area contributed by atoms with Gasteiger partial charge >= 0.3 is 5.97 Å². The maximum Gasteiger partial charge on any atom is 0.305 e. The van der Waals surface area contributed by atoms with Crippen LogP contribution in [0.5, 0.6) is 0 Å². The van der Waals surface area contributed by atoms with Gasteiger partial charge in [-0.3, -0.25) is 4.79 Å². The minimum absolute atomic E-state index is 0.0839. The predicted molar refractivity (Wildman–Crippen MR) is 91.4 cm³/mol. The van der Waals surface area contributed by atoms with Crippen molar-refractivity contribution in [3.8, 4) is 0 Å². The lowest BCUT2D eigenvalue weighted by atomic mass is 10.1. The molecular weight excluding hydrogens is 260 g/mol. The van der Waals surface area contributed by atoms with Gasteiger partial charge in [0.15, 0.2) is 0 Å². The van der Waals surface area contributed by atoms with Crippen molar-refractivity contribution in [3.63, 3.8) is 0 Å². The van der Waals surface area contributed by atoms with Crippen LogP contribution in [0.3, 0.4) is 0 Å². The van der Waals surface area contributed by atoms with E-state index in [4.69, 9.17) is 0 Å². The third kappa shape index (κ3) is 16.9. The molecule has 122 valence electrons. The first kappa shape index (κ1) is 19.9.